The Kier molecular flexibility index (Phi) is 4.16. The Bertz CT molecular complexity index is 986. The van der Waals surface area contributed by atoms with Crippen molar-refractivity contribution >= 4 is 28.4 Å². The van der Waals surface area contributed by atoms with Gasteiger partial charge in [0.05, 0.1) is 0 Å². The highest BCUT2D eigenvalue weighted by Crippen LogP contribution is 2.36. The zero-order valence-corrected chi connectivity index (χ0v) is 14.3. The van der Waals surface area contributed by atoms with E-state index >= 15 is 0 Å². The minimum absolute atomic E-state index is 0.133. The maximum absolute atomic E-state index is 12.9. The third kappa shape index (κ3) is 2.81. The van der Waals surface area contributed by atoms with Gasteiger partial charge in [0.25, 0.3) is 0 Å². The summed E-state index contributed by atoms with van der Waals surface area (Å²) in [4.78, 5) is 29.0. The van der Waals surface area contributed by atoms with Crippen molar-refractivity contribution in [1.29, 1.82) is 5.39 Å². The Morgan fingerprint density at radius 3 is 1.48 bits per heavy atom. The van der Waals surface area contributed by atoms with Crippen molar-refractivity contribution in [3.63, 3.8) is 0 Å². The molecule has 0 saturated carbocycles. The van der Waals surface area contributed by atoms with Gasteiger partial charge in [0.15, 0.2) is 16.5 Å². The molecule has 4 nitrogen and oxygen atoms in total. The normalized spacial score (nSPS) is 14.8. The van der Waals surface area contributed by atoms with Crippen LogP contribution in [-0.4, -0.2) is 11.6 Å². The first-order valence-electron chi connectivity index (χ1n) is 7.97. The van der Waals surface area contributed by atoms with Crippen LogP contribution in [0.3, 0.4) is 0 Å². The van der Waals surface area contributed by atoms with E-state index in [0.717, 1.165) is 11.1 Å². The average molecular weight is 329 g/mol. The standard InChI is InChI=1S/C21H17N2O2/c1-12-4-6-15(7-5-12)18-13(2)21(25)19(14(3)20(18)24)16-8-10-17(23-22)11-9-16/h4-11H,1-3H3/q+1. The molecule has 0 spiro atoms. The summed E-state index contributed by atoms with van der Waals surface area (Å²) < 4.78 is 0. The van der Waals surface area contributed by atoms with Crippen LogP contribution in [0.15, 0.2) is 59.7 Å². The summed E-state index contributed by atoms with van der Waals surface area (Å²) >= 11 is 0. The SMILES string of the molecule is CC1=C(c2ccc(C)cc2)C(=O)C(C)=C(c2ccc([N+]#N)cc2)C1=O. The van der Waals surface area contributed by atoms with Crippen molar-refractivity contribution in [1.82, 2.24) is 0 Å². The predicted octanol–water partition coefficient (Wildman–Crippen LogP) is 4.88. The van der Waals surface area contributed by atoms with Gasteiger partial charge in [-0.05, 0) is 44.0 Å². The fourth-order valence-electron chi connectivity index (χ4n) is 3.05. The van der Waals surface area contributed by atoms with E-state index in [4.69, 9.17) is 5.39 Å². The van der Waals surface area contributed by atoms with Crippen molar-refractivity contribution in [2.45, 2.75) is 20.8 Å². The second kappa shape index (κ2) is 6.29. The maximum atomic E-state index is 12.9. The van der Waals surface area contributed by atoms with E-state index < -0.39 is 0 Å². The molecule has 0 bridgehead atoms. The van der Waals surface area contributed by atoms with Crippen LogP contribution in [0.1, 0.15) is 30.5 Å². The number of hydrogen-bond acceptors (Lipinski definition) is 3. The number of hydrogen-bond donors (Lipinski definition) is 0. The summed E-state index contributed by atoms with van der Waals surface area (Å²) in [5.41, 5.74) is 4.64. The summed E-state index contributed by atoms with van der Waals surface area (Å²) in [5.74, 6) is -0.284. The second-order valence-corrected chi connectivity index (χ2v) is 6.17. The average Bonchev–Trinajstić information content (AvgIpc) is 2.62. The summed E-state index contributed by atoms with van der Waals surface area (Å²) in [7, 11) is 0. The van der Waals surface area contributed by atoms with Crippen LogP contribution in [0.25, 0.3) is 16.1 Å². The number of rotatable bonds is 2. The van der Waals surface area contributed by atoms with Gasteiger partial charge in [-0.15, -0.1) is 0 Å². The van der Waals surface area contributed by atoms with Crippen molar-refractivity contribution < 1.29 is 9.59 Å². The van der Waals surface area contributed by atoms with Crippen LogP contribution in [0.5, 0.6) is 0 Å². The third-order valence-electron chi connectivity index (χ3n) is 4.50. The minimum Gasteiger partial charge on any atom is -0.289 e. The highest BCUT2D eigenvalue weighted by Gasteiger charge is 2.31. The summed E-state index contributed by atoms with van der Waals surface area (Å²) in [6.45, 7) is 5.35. The molecular weight excluding hydrogens is 312 g/mol. The molecule has 0 amide bonds. The highest BCUT2D eigenvalue weighted by molar-refractivity contribution is 6.47. The van der Waals surface area contributed by atoms with Crippen LogP contribution in [-0.2, 0) is 9.59 Å². The molecule has 0 radical (unpaired) electrons. The van der Waals surface area contributed by atoms with E-state index in [1.54, 1.807) is 38.1 Å². The first kappa shape index (κ1) is 16.5. The van der Waals surface area contributed by atoms with Crippen molar-refractivity contribution in [3.05, 3.63) is 81.3 Å². The number of benzene rings is 2. The molecule has 0 aliphatic heterocycles. The largest absolute Gasteiger partial charge is 0.385 e. The van der Waals surface area contributed by atoms with E-state index in [2.05, 4.69) is 4.98 Å². The number of aryl methyl sites for hydroxylation is 1. The predicted molar refractivity (Wildman–Crippen MR) is 97.6 cm³/mol. The van der Waals surface area contributed by atoms with Gasteiger partial charge < -0.3 is 0 Å². The Hall–Kier alpha value is -3.32. The number of nitrogens with zero attached hydrogens (tertiary/aromatic N) is 2. The molecule has 3 rings (SSSR count). The molecule has 0 atom stereocenters. The van der Waals surface area contributed by atoms with Crippen LogP contribution in [0, 0.1) is 12.3 Å². The Balaban J connectivity index is 2.10. The smallest absolute Gasteiger partial charge is 0.289 e. The van der Waals surface area contributed by atoms with Gasteiger partial charge in [-0.25, -0.2) is 0 Å². The monoisotopic (exact) mass is 329 g/mol. The van der Waals surface area contributed by atoms with E-state index in [0.29, 0.717) is 33.5 Å². The molecule has 0 unspecified atom stereocenters. The van der Waals surface area contributed by atoms with Crippen LogP contribution in [0.2, 0.25) is 0 Å². The van der Waals surface area contributed by atoms with Crippen LogP contribution >= 0.6 is 0 Å². The number of ketones is 2. The lowest BCUT2D eigenvalue weighted by Crippen LogP contribution is -2.20. The van der Waals surface area contributed by atoms with Crippen LogP contribution in [0.4, 0.5) is 5.69 Å². The summed E-state index contributed by atoms with van der Waals surface area (Å²) in [6.07, 6.45) is 0. The number of Topliss-reactive ketones (excluding diaryl/α,β-unsaturated/α-hetero) is 2. The molecule has 0 heterocycles. The molecule has 0 N–H and O–H groups in total. The fraction of sp³-hybridized carbons (Fsp3) is 0.143. The third-order valence-corrected chi connectivity index (χ3v) is 4.50. The molecule has 0 fully saturated rings. The lowest BCUT2D eigenvalue weighted by Gasteiger charge is -2.21. The molecule has 25 heavy (non-hydrogen) atoms. The molecule has 4 heteroatoms. The summed E-state index contributed by atoms with van der Waals surface area (Å²) in [6, 6.07) is 14.2. The van der Waals surface area contributed by atoms with Gasteiger partial charge in [0, 0.05) is 34.4 Å². The van der Waals surface area contributed by atoms with Crippen molar-refractivity contribution in [3.8, 4) is 0 Å². The first-order valence-corrected chi connectivity index (χ1v) is 7.97. The zero-order chi connectivity index (χ0) is 18.1. The number of diazo groups is 1. The van der Waals surface area contributed by atoms with Gasteiger partial charge >= 0.3 is 5.69 Å². The number of allylic oxidation sites excluding steroid dienone is 4. The topological polar surface area (TPSA) is 62.3 Å². The first-order chi connectivity index (χ1) is 11.9. The number of carbonyl (C=O) groups excluding carboxylic acids is 2. The highest BCUT2D eigenvalue weighted by atomic mass is 16.1. The molecule has 2 aromatic carbocycles. The van der Waals surface area contributed by atoms with Gasteiger partial charge in [-0.3, -0.25) is 9.59 Å². The van der Waals surface area contributed by atoms with E-state index in [9.17, 15) is 9.59 Å². The van der Waals surface area contributed by atoms with E-state index in [-0.39, 0.29) is 11.6 Å². The maximum Gasteiger partial charge on any atom is 0.385 e. The summed E-state index contributed by atoms with van der Waals surface area (Å²) in [5, 5.41) is 8.79. The Labute approximate surface area is 146 Å². The Morgan fingerprint density at radius 2 is 1.08 bits per heavy atom. The van der Waals surface area contributed by atoms with E-state index in [1.165, 1.54) is 0 Å². The molecule has 2 aromatic rings. The molecule has 0 aromatic heterocycles. The molecule has 1 aliphatic carbocycles. The lowest BCUT2D eigenvalue weighted by molar-refractivity contribution is -0.113. The Morgan fingerprint density at radius 1 is 0.680 bits per heavy atom. The second-order valence-electron chi connectivity index (χ2n) is 6.17. The lowest BCUT2D eigenvalue weighted by atomic mass is 9.80. The van der Waals surface area contributed by atoms with Crippen molar-refractivity contribution in [2.75, 3.05) is 0 Å². The quantitative estimate of drug-likeness (QED) is 0.583. The molecular formula is C21H17N2O2+. The van der Waals surface area contributed by atoms with Crippen LogP contribution < -0.4 is 0 Å². The molecule has 1 aliphatic rings. The van der Waals surface area contributed by atoms with E-state index in [1.807, 2.05) is 31.2 Å². The number of carbonyl (C=O) groups is 2. The zero-order valence-electron chi connectivity index (χ0n) is 14.3. The van der Waals surface area contributed by atoms with Gasteiger partial charge in [0.2, 0.25) is 5.39 Å². The van der Waals surface area contributed by atoms with Gasteiger partial charge in [-0.1, -0.05) is 29.8 Å². The van der Waals surface area contributed by atoms with Gasteiger partial charge in [-0.2, -0.15) is 0 Å². The van der Waals surface area contributed by atoms with Gasteiger partial charge in [0.1, 0.15) is 0 Å². The van der Waals surface area contributed by atoms with Crippen molar-refractivity contribution in [2.24, 2.45) is 0 Å². The minimum atomic E-state index is -0.152. The fourth-order valence-corrected chi connectivity index (χ4v) is 3.05. The molecule has 0 saturated heterocycles. The molecule has 122 valence electrons.